The summed E-state index contributed by atoms with van der Waals surface area (Å²) in [6.45, 7) is 0.281. The monoisotopic (exact) mass is 564 g/mol. The summed E-state index contributed by atoms with van der Waals surface area (Å²) in [5.41, 5.74) is 0.382. The van der Waals surface area contributed by atoms with Gasteiger partial charge in [0.1, 0.15) is 12.1 Å². The van der Waals surface area contributed by atoms with E-state index in [9.17, 15) is 29.1 Å². The van der Waals surface area contributed by atoms with Crippen LogP contribution in [0.15, 0.2) is 42.5 Å². The van der Waals surface area contributed by atoms with Gasteiger partial charge in [-0.15, -0.1) is 0 Å². The lowest BCUT2D eigenvalue weighted by Gasteiger charge is -2.37. The van der Waals surface area contributed by atoms with Crippen molar-refractivity contribution in [3.05, 3.63) is 48.0 Å². The van der Waals surface area contributed by atoms with Gasteiger partial charge in [0.15, 0.2) is 0 Å². The Morgan fingerprint density at radius 1 is 0.927 bits per heavy atom. The number of carbonyl (C=O) groups excluding carboxylic acids is 5. The molecule has 2 heterocycles. The number of nitrogens with one attached hydrogen (secondary N) is 2. The molecule has 0 aromatic heterocycles. The van der Waals surface area contributed by atoms with Gasteiger partial charge < -0.3 is 30.3 Å². The molecule has 218 valence electrons. The van der Waals surface area contributed by atoms with Crippen molar-refractivity contribution in [2.45, 2.75) is 63.3 Å². The molecule has 0 spiro atoms. The van der Waals surface area contributed by atoms with E-state index >= 15 is 0 Å². The van der Waals surface area contributed by atoms with Crippen molar-refractivity contribution in [3.63, 3.8) is 0 Å². The van der Waals surface area contributed by atoms with Crippen LogP contribution in [0.4, 0.5) is 0 Å². The zero-order valence-electron chi connectivity index (χ0n) is 22.9. The maximum Gasteiger partial charge on any atom is 0.310 e. The number of aliphatic hydroxyl groups is 1. The average molecular weight is 565 g/mol. The smallest absolute Gasteiger partial charge is 0.310 e. The average Bonchev–Trinajstić information content (AvgIpc) is 3.29. The molecule has 0 bridgehead atoms. The summed E-state index contributed by atoms with van der Waals surface area (Å²) >= 11 is 0. The molecule has 2 aliphatic heterocycles. The van der Waals surface area contributed by atoms with Gasteiger partial charge >= 0.3 is 5.97 Å². The minimum atomic E-state index is -1.44. The van der Waals surface area contributed by atoms with Crippen molar-refractivity contribution in [1.29, 1.82) is 0 Å². The number of rotatable bonds is 6. The third kappa shape index (κ3) is 6.84. The van der Waals surface area contributed by atoms with Gasteiger partial charge in [0, 0.05) is 31.1 Å². The first-order valence-corrected chi connectivity index (χ1v) is 14.3. The number of fused-ring (bicyclic) bond motifs is 1. The lowest BCUT2D eigenvalue weighted by molar-refractivity contribution is -0.155. The zero-order chi connectivity index (χ0) is 28.9. The topological polar surface area (TPSA) is 145 Å². The van der Waals surface area contributed by atoms with Gasteiger partial charge in [0.2, 0.25) is 24.0 Å². The van der Waals surface area contributed by atoms with Crippen LogP contribution in [0, 0.1) is 5.92 Å². The number of hydrogen-bond donors (Lipinski definition) is 3. The SMILES string of the molecule is O=C(CN1CCCN(C(=O)C2CCCCC2)C[C@H](NC(=O)c2ccc3ccccc3c2)C1=O)N[C@H]1CC(=O)OC1O. The summed E-state index contributed by atoms with van der Waals surface area (Å²) in [4.78, 5) is 67.8. The highest BCUT2D eigenvalue weighted by atomic mass is 16.6. The van der Waals surface area contributed by atoms with Crippen LogP contribution in [0.3, 0.4) is 0 Å². The van der Waals surface area contributed by atoms with Gasteiger partial charge in [-0.3, -0.25) is 24.0 Å². The third-order valence-corrected chi connectivity index (χ3v) is 8.12. The van der Waals surface area contributed by atoms with Crippen LogP contribution in [-0.4, -0.2) is 89.1 Å². The number of ether oxygens (including phenoxy) is 1. The summed E-state index contributed by atoms with van der Waals surface area (Å²) in [6.07, 6.45) is 3.62. The summed E-state index contributed by atoms with van der Waals surface area (Å²) < 4.78 is 4.67. The fourth-order valence-corrected chi connectivity index (χ4v) is 5.91. The maximum absolute atomic E-state index is 13.8. The van der Waals surface area contributed by atoms with Crippen molar-refractivity contribution < 1.29 is 33.8 Å². The van der Waals surface area contributed by atoms with Gasteiger partial charge in [-0.1, -0.05) is 49.6 Å². The van der Waals surface area contributed by atoms with E-state index in [4.69, 9.17) is 0 Å². The van der Waals surface area contributed by atoms with Crippen molar-refractivity contribution in [3.8, 4) is 0 Å². The molecule has 4 amide bonds. The quantitative estimate of drug-likeness (QED) is 0.449. The first-order chi connectivity index (χ1) is 19.8. The predicted molar refractivity (Wildman–Crippen MR) is 148 cm³/mol. The van der Waals surface area contributed by atoms with Crippen LogP contribution >= 0.6 is 0 Å². The van der Waals surface area contributed by atoms with Crippen LogP contribution in [0.2, 0.25) is 0 Å². The molecular weight excluding hydrogens is 528 g/mol. The van der Waals surface area contributed by atoms with Gasteiger partial charge in [-0.05, 0) is 42.2 Å². The molecule has 2 aromatic carbocycles. The van der Waals surface area contributed by atoms with Crippen molar-refractivity contribution in [2.24, 2.45) is 5.92 Å². The lowest BCUT2D eigenvalue weighted by Crippen LogP contribution is -2.59. The number of amides is 4. The fraction of sp³-hybridized carbons (Fsp3) is 0.500. The summed E-state index contributed by atoms with van der Waals surface area (Å²) in [6, 6.07) is 11.0. The Morgan fingerprint density at radius 3 is 2.41 bits per heavy atom. The van der Waals surface area contributed by atoms with Crippen LogP contribution in [0.25, 0.3) is 10.8 Å². The Morgan fingerprint density at radius 2 is 1.68 bits per heavy atom. The highest BCUT2D eigenvalue weighted by molar-refractivity contribution is 6.01. The maximum atomic E-state index is 13.8. The second-order valence-corrected chi connectivity index (χ2v) is 11.1. The number of nitrogens with zero attached hydrogens (tertiary/aromatic N) is 2. The van der Waals surface area contributed by atoms with Crippen LogP contribution in [-0.2, 0) is 23.9 Å². The molecule has 3 N–H and O–H groups in total. The van der Waals surface area contributed by atoms with E-state index in [1.165, 1.54) is 4.90 Å². The first-order valence-electron chi connectivity index (χ1n) is 14.3. The molecule has 5 rings (SSSR count). The third-order valence-electron chi connectivity index (χ3n) is 8.12. The van der Waals surface area contributed by atoms with E-state index < -0.39 is 42.1 Å². The molecule has 41 heavy (non-hydrogen) atoms. The molecule has 11 nitrogen and oxygen atoms in total. The largest absolute Gasteiger partial charge is 0.434 e. The molecule has 1 saturated carbocycles. The number of esters is 1. The van der Waals surface area contributed by atoms with Crippen LogP contribution in [0.1, 0.15) is 55.3 Å². The molecule has 3 atom stereocenters. The minimum Gasteiger partial charge on any atom is -0.434 e. The summed E-state index contributed by atoms with van der Waals surface area (Å²) in [5.74, 6) is -2.18. The van der Waals surface area contributed by atoms with Crippen LogP contribution in [0.5, 0.6) is 0 Å². The Hall–Kier alpha value is -3.99. The first kappa shape index (κ1) is 28.5. The highest BCUT2D eigenvalue weighted by Gasteiger charge is 2.37. The fourth-order valence-electron chi connectivity index (χ4n) is 5.91. The van der Waals surface area contributed by atoms with Gasteiger partial charge in [0.05, 0.1) is 13.0 Å². The predicted octanol–water partition coefficient (Wildman–Crippen LogP) is 1.33. The van der Waals surface area contributed by atoms with E-state index in [0.717, 1.165) is 42.9 Å². The Bertz CT molecular complexity index is 1320. The van der Waals surface area contributed by atoms with Crippen molar-refractivity contribution in [1.82, 2.24) is 20.4 Å². The molecule has 1 unspecified atom stereocenters. The number of hydrogen-bond acceptors (Lipinski definition) is 7. The normalized spacial score (nSPS) is 24.0. The lowest BCUT2D eigenvalue weighted by atomic mass is 9.88. The van der Waals surface area contributed by atoms with E-state index in [-0.39, 0.29) is 37.9 Å². The Kier molecular flexibility index (Phi) is 8.82. The molecule has 2 aromatic rings. The van der Waals surface area contributed by atoms with Crippen LogP contribution < -0.4 is 10.6 Å². The number of aliphatic hydroxyl groups excluding tert-OH is 1. The van der Waals surface area contributed by atoms with Gasteiger partial charge in [0.25, 0.3) is 5.91 Å². The molecular formula is C30H36N4O7. The van der Waals surface area contributed by atoms with E-state index in [1.54, 1.807) is 17.0 Å². The van der Waals surface area contributed by atoms with E-state index in [2.05, 4.69) is 15.4 Å². The second kappa shape index (κ2) is 12.7. The zero-order valence-corrected chi connectivity index (χ0v) is 22.9. The summed E-state index contributed by atoms with van der Waals surface area (Å²) in [7, 11) is 0. The molecule has 3 fully saturated rings. The summed E-state index contributed by atoms with van der Waals surface area (Å²) in [5, 5.41) is 17.1. The van der Waals surface area contributed by atoms with E-state index in [0.29, 0.717) is 18.5 Å². The number of carbonyl (C=O) groups is 5. The molecule has 0 radical (unpaired) electrons. The van der Waals surface area contributed by atoms with Gasteiger partial charge in [-0.25, -0.2) is 0 Å². The second-order valence-electron chi connectivity index (χ2n) is 11.1. The van der Waals surface area contributed by atoms with Crippen molar-refractivity contribution in [2.75, 3.05) is 26.2 Å². The number of cyclic esters (lactones) is 1. The highest BCUT2D eigenvalue weighted by Crippen LogP contribution is 2.26. The molecule has 1 aliphatic carbocycles. The van der Waals surface area contributed by atoms with Crippen molar-refractivity contribution >= 4 is 40.4 Å². The van der Waals surface area contributed by atoms with Gasteiger partial charge in [-0.2, -0.15) is 0 Å². The molecule has 2 saturated heterocycles. The molecule has 11 heteroatoms. The molecule has 3 aliphatic rings. The standard InChI is InChI=1S/C30H36N4O7/c35-25(31-23-16-26(36)41-30(23)40)18-34-14-6-13-33(28(38)20-8-2-1-3-9-20)17-24(29(34)39)32-27(37)22-12-11-19-7-4-5-10-21(19)15-22/h4-5,7,10-12,15,20,23-24,30,40H,1-3,6,8-9,13-14,16-18H2,(H,31,35)(H,32,37)/t23-,24-,30?/m0/s1. The minimum absolute atomic E-state index is 0.00790. The number of benzene rings is 2. The Balaban J connectivity index is 1.32. The Labute approximate surface area is 238 Å². The van der Waals surface area contributed by atoms with E-state index in [1.807, 2.05) is 30.3 Å².